The highest BCUT2D eigenvalue weighted by molar-refractivity contribution is 5.40. The molecule has 7 unspecified atom stereocenters. The summed E-state index contributed by atoms with van der Waals surface area (Å²) >= 11 is 0. The molecule has 1 heteroatoms. The fourth-order valence-corrected chi connectivity index (χ4v) is 6.27. The molecule has 0 bridgehead atoms. The lowest BCUT2D eigenvalue weighted by Gasteiger charge is -2.48. The van der Waals surface area contributed by atoms with E-state index in [1.807, 2.05) is 0 Å². The van der Waals surface area contributed by atoms with Gasteiger partial charge < -0.3 is 4.74 Å². The van der Waals surface area contributed by atoms with Gasteiger partial charge in [-0.1, -0.05) is 37.6 Å². The third-order valence-corrected chi connectivity index (χ3v) is 7.39. The summed E-state index contributed by atoms with van der Waals surface area (Å²) in [7, 11) is 0. The minimum Gasteiger partial charge on any atom is -0.377 e. The van der Waals surface area contributed by atoms with E-state index >= 15 is 0 Å². The van der Waals surface area contributed by atoms with Gasteiger partial charge in [0.1, 0.15) is 0 Å². The second kappa shape index (κ2) is 4.47. The third-order valence-electron chi connectivity index (χ3n) is 7.39. The molecule has 0 aromatic rings. The van der Waals surface area contributed by atoms with Crippen LogP contribution in [0.15, 0.2) is 23.8 Å². The van der Waals surface area contributed by atoms with Crippen LogP contribution in [-0.4, -0.2) is 12.7 Å². The summed E-state index contributed by atoms with van der Waals surface area (Å²) in [6.45, 7) is 10.5. The monoisotopic (exact) mass is 286 g/mol. The first-order chi connectivity index (χ1) is 10.0. The van der Waals surface area contributed by atoms with Crippen molar-refractivity contribution >= 4 is 0 Å². The van der Waals surface area contributed by atoms with Crippen molar-refractivity contribution < 1.29 is 4.74 Å². The average molecular weight is 286 g/mol. The summed E-state index contributed by atoms with van der Waals surface area (Å²) < 4.78 is 6.22. The summed E-state index contributed by atoms with van der Waals surface area (Å²) in [5, 5.41) is 0. The van der Waals surface area contributed by atoms with Gasteiger partial charge in [0.15, 0.2) is 0 Å². The van der Waals surface area contributed by atoms with Crippen molar-refractivity contribution in [2.45, 2.75) is 59.5 Å². The molecule has 1 spiro atoms. The number of hydrogen-bond donors (Lipinski definition) is 0. The Labute approximate surface area is 129 Å². The van der Waals surface area contributed by atoms with E-state index in [0.717, 1.165) is 30.3 Å². The van der Waals surface area contributed by atoms with Crippen molar-refractivity contribution in [3.63, 3.8) is 0 Å². The molecule has 3 aliphatic carbocycles. The second-order valence-corrected chi connectivity index (χ2v) is 8.63. The lowest BCUT2D eigenvalue weighted by Crippen LogP contribution is -2.44. The Bertz CT molecular complexity index is 500. The third kappa shape index (κ3) is 1.67. The molecule has 21 heavy (non-hydrogen) atoms. The maximum atomic E-state index is 6.22. The molecule has 0 aromatic heterocycles. The van der Waals surface area contributed by atoms with Crippen molar-refractivity contribution in [2.75, 3.05) is 6.61 Å². The SMILES string of the molecule is CC(C)=CCCC(C)C1CCC2(C)C=CC3C4OCC1C342. The van der Waals surface area contributed by atoms with Gasteiger partial charge in [0.05, 0.1) is 12.7 Å². The van der Waals surface area contributed by atoms with Crippen LogP contribution in [0.4, 0.5) is 0 Å². The number of rotatable bonds is 4. The van der Waals surface area contributed by atoms with E-state index in [0.29, 0.717) is 16.9 Å². The molecule has 4 rings (SSSR count). The van der Waals surface area contributed by atoms with Gasteiger partial charge in [-0.05, 0) is 62.7 Å². The van der Waals surface area contributed by atoms with Crippen molar-refractivity contribution in [1.29, 1.82) is 0 Å². The molecule has 1 saturated heterocycles. The zero-order chi connectivity index (χ0) is 14.8. The van der Waals surface area contributed by atoms with Crippen LogP contribution in [0.3, 0.4) is 0 Å². The molecule has 116 valence electrons. The molecule has 0 radical (unpaired) electrons. The summed E-state index contributed by atoms with van der Waals surface area (Å²) in [6, 6.07) is 0. The molecule has 2 saturated carbocycles. The van der Waals surface area contributed by atoms with Crippen LogP contribution in [-0.2, 0) is 4.74 Å². The molecule has 1 heterocycles. The zero-order valence-electron chi connectivity index (χ0n) is 14.1. The Morgan fingerprint density at radius 3 is 2.95 bits per heavy atom. The molecule has 0 amide bonds. The van der Waals surface area contributed by atoms with Gasteiger partial charge >= 0.3 is 0 Å². The standard InChI is InChI=1S/C20H30O/c1-13(2)6-5-7-14(3)15-8-10-19(4)11-9-16-18-20(16,19)17(15)12-21-18/h6,9,11,14-18H,5,7-8,10,12H2,1-4H3. The van der Waals surface area contributed by atoms with E-state index in [1.54, 1.807) is 0 Å². The van der Waals surface area contributed by atoms with Crippen molar-refractivity contribution in [2.24, 2.45) is 34.5 Å². The van der Waals surface area contributed by atoms with Crippen LogP contribution in [0.5, 0.6) is 0 Å². The number of ether oxygens (including phenoxy) is 1. The first-order valence-corrected chi connectivity index (χ1v) is 8.95. The highest BCUT2D eigenvalue weighted by atomic mass is 16.5. The van der Waals surface area contributed by atoms with Crippen LogP contribution < -0.4 is 0 Å². The smallest absolute Gasteiger partial charge is 0.0719 e. The minimum atomic E-state index is 0.444. The molecular formula is C20H30O. The Hall–Kier alpha value is -0.560. The predicted molar refractivity (Wildman–Crippen MR) is 87.0 cm³/mol. The van der Waals surface area contributed by atoms with Gasteiger partial charge in [-0.25, -0.2) is 0 Å². The highest BCUT2D eigenvalue weighted by Crippen LogP contribution is 2.80. The topological polar surface area (TPSA) is 9.23 Å². The van der Waals surface area contributed by atoms with Gasteiger partial charge in [0.2, 0.25) is 0 Å². The van der Waals surface area contributed by atoms with Crippen molar-refractivity contribution in [3.05, 3.63) is 23.8 Å². The molecule has 3 fully saturated rings. The molecule has 7 atom stereocenters. The van der Waals surface area contributed by atoms with Gasteiger partial charge in [-0.3, -0.25) is 0 Å². The van der Waals surface area contributed by atoms with Gasteiger partial charge in [-0.2, -0.15) is 0 Å². The minimum absolute atomic E-state index is 0.444. The second-order valence-electron chi connectivity index (χ2n) is 8.63. The Balaban J connectivity index is 1.51. The number of fused-ring (bicyclic) bond motifs is 1. The van der Waals surface area contributed by atoms with Crippen molar-refractivity contribution in [3.8, 4) is 0 Å². The fourth-order valence-electron chi connectivity index (χ4n) is 6.27. The maximum Gasteiger partial charge on any atom is 0.0719 e. The first kappa shape index (κ1) is 14.1. The van der Waals surface area contributed by atoms with Crippen LogP contribution in [0.1, 0.15) is 53.4 Å². The molecule has 1 nitrogen and oxygen atoms in total. The summed E-state index contributed by atoms with van der Waals surface area (Å²) in [6.07, 6.45) is 13.4. The Kier molecular flexibility index (Phi) is 2.99. The average Bonchev–Trinajstić information content (AvgIpc) is 2.74. The Morgan fingerprint density at radius 2 is 2.24 bits per heavy atom. The summed E-state index contributed by atoms with van der Waals surface area (Å²) in [4.78, 5) is 0. The van der Waals surface area contributed by atoms with E-state index in [9.17, 15) is 0 Å². The van der Waals surface area contributed by atoms with Crippen LogP contribution in [0, 0.1) is 34.5 Å². The van der Waals surface area contributed by atoms with Gasteiger partial charge in [-0.15, -0.1) is 0 Å². The lowest BCUT2D eigenvalue weighted by atomic mass is 9.55. The fraction of sp³-hybridized carbons (Fsp3) is 0.800. The van der Waals surface area contributed by atoms with Gasteiger partial charge in [0.25, 0.3) is 0 Å². The highest BCUT2D eigenvalue weighted by Gasteiger charge is 2.82. The zero-order valence-corrected chi connectivity index (χ0v) is 14.1. The number of allylic oxidation sites excluding steroid dienone is 3. The Morgan fingerprint density at radius 1 is 1.43 bits per heavy atom. The maximum absolute atomic E-state index is 6.22. The normalized spacial score (nSPS) is 50.5. The van der Waals surface area contributed by atoms with Crippen LogP contribution in [0.2, 0.25) is 0 Å². The molecule has 0 N–H and O–H groups in total. The summed E-state index contributed by atoms with van der Waals surface area (Å²) in [5.41, 5.74) is 2.42. The largest absolute Gasteiger partial charge is 0.377 e. The molecular weight excluding hydrogens is 256 g/mol. The quantitative estimate of drug-likeness (QED) is 0.662. The van der Waals surface area contributed by atoms with Crippen LogP contribution >= 0.6 is 0 Å². The number of hydrogen-bond acceptors (Lipinski definition) is 1. The molecule has 1 aliphatic heterocycles. The summed E-state index contributed by atoms with van der Waals surface area (Å²) in [5.74, 6) is 3.31. The predicted octanol–water partition coefficient (Wildman–Crippen LogP) is 4.99. The lowest BCUT2D eigenvalue weighted by molar-refractivity contribution is 0.0140. The first-order valence-electron chi connectivity index (χ1n) is 8.95. The van der Waals surface area contributed by atoms with E-state index < -0.39 is 0 Å². The van der Waals surface area contributed by atoms with Crippen molar-refractivity contribution in [1.82, 2.24) is 0 Å². The van der Waals surface area contributed by atoms with E-state index in [2.05, 4.69) is 45.9 Å². The molecule has 4 aliphatic rings. The van der Waals surface area contributed by atoms with E-state index in [4.69, 9.17) is 4.74 Å². The van der Waals surface area contributed by atoms with E-state index in [1.165, 1.54) is 31.3 Å². The van der Waals surface area contributed by atoms with Crippen LogP contribution in [0.25, 0.3) is 0 Å². The van der Waals surface area contributed by atoms with E-state index in [-0.39, 0.29) is 0 Å². The molecule has 0 aromatic carbocycles. The van der Waals surface area contributed by atoms with Gasteiger partial charge in [0, 0.05) is 11.3 Å².